The zero-order chi connectivity index (χ0) is 21.3. The van der Waals surface area contributed by atoms with Gasteiger partial charge in [0.25, 0.3) is 0 Å². The topological polar surface area (TPSA) is 91.3 Å². The van der Waals surface area contributed by atoms with E-state index in [1.165, 1.54) is 0 Å². The quantitative estimate of drug-likeness (QED) is 0.577. The van der Waals surface area contributed by atoms with Crippen molar-refractivity contribution in [3.63, 3.8) is 0 Å². The first kappa shape index (κ1) is 20.1. The number of rotatable bonds is 6. The van der Waals surface area contributed by atoms with Gasteiger partial charge in [0.1, 0.15) is 12.7 Å². The summed E-state index contributed by atoms with van der Waals surface area (Å²) >= 11 is 0. The molecule has 7 nitrogen and oxygen atoms in total. The second kappa shape index (κ2) is 7.93. The number of aliphatic hydroxyl groups is 1. The zero-order valence-corrected chi connectivity index (χ0v) is 16.7. The van der Waals surface area contributed by atoms with Gasteiger partial charge in [0, 0.05) is 11.1 Å². The highest BCUT2D eigenvalue weighted by Gasteiger charge is 2.47. The molecular formula is C23H22O7. The molecule has 0 aliphatic carbocycles. The van der Waals surface area contributed by atoms with E-state index in [1.54, 1.807) is 50.2 Å². The van der Waals surface area contributed by atoms with Crippen LogP contribution in [0.2, 0.25) is 0 Å². The Labute approximate surface area is 173 Å². The monoisotopic (exact) mass is 410 g/mol. The first-order chi connectivity index (χ1) is 14.3. The Balaban J connectivity index is 1.43. The Morgan fingerprint density at radius 3 is 2.40 bits per heavy atom. The molecule has 0 saturated carbocycles. The molecule has 0 radical (unpaired) electrons. The first-order valence-electron chi connectivity index (χ1n) is 9.61. The van der Waals surface area contributed by atoms with E-state index in [1.807, 2.05) is 18.2 Å². The lowest BCUT2D eigenvalue weighted by atomic mass is 10.0. The van der Waals surface area contributed by atoms with Crippen LogP contribution < -0.4 is 0 Å². The fourth-order valence-corrected chi connectivity index (χ4v) is 3.39. The van der Waals surface area contributed by atoms with Gasteiger partial charge < -0.3 is 24.1 Å². The number of ether oxygens (including phenoxy) is 4. The van der Waals surface area contributed by atoms with Gasteiger partial charge in [0.15, 0.2) is 23.4 Å². The summed E-state index contributed by atoms with van der Waals surface area (Å²) in [5, 5.41) is 10.1. The van der Waals surface area contributed by atoms with Crippen molar-refractivity contribution in [2.24, 2.45) is 0 Å². The maximum atomic E-state index is 12.5. The molecule has 7 heteroatoms. The molecule has 2 aliphatic heterocycles. The summed E-state index contributed by atoms with van der Waals surface area (Å²) in [5.41, 5.74) is 1.94. The summed E-state index contributed by atoms with van der Waals surface area (Å²) < 4.78 is 22.2. The average molecular weight is 410 g/mol. The second-order valence-corrected chi connectivity index (χ2v) is 7.59. The third-order valence-electron chi connectivity index (χ3n) is 4.93. The van der Waals surface area contributed by atoms with E-state index < -0.39 is 29.7 Å². The van der Waals surface area contributed by atoms with E-state index in [9.17, 15) is 14.7 Å². The number of hydrogen-bond acceptors (Lipinski definition) is 7. The number of aliphatic hydroxyl groups excluding tert-OH is 1. The Hall–Kier alpha value is -3.16. The van der Waals surface area contributed by atoms with Gasteiger partial charge in [-0.25, -0.2) is 4.79 Å². The number of hydrogen-bond donors (Lipinski definition) is 1. The molecule has 2 aliphatic rings. The predicted molar refractivity (Wildman–Crippen MR) is 106 cm³/mol. The number of benzene rings is 2. The molecule has 2 unspecified atom stereocenters. The molecule has 0 aromatic heterocycles. The third-order valence-corrected chi connectivity index (χ3v) is 4.93. The summed E-state index contributed by atoms with van der Waals surface area (Å²) in [6.07, 6.45) is -1.45. The second-order valence-electron chi connectivity index (χ2n) is 7.59. The van der Waals surface area contributed by atoms with Crippen molar-refractivity contribution in [1.82, 2.24) is 0 Å². The Bertz CT molecular complexity index is 976. The third kappa shape index (κ3) is 4.08. The summed E-state index contributed by atoms with van der Waals surface area (Å²) in [4.78, 5) is 24.3. The van der Waals surface area contributed by atoms with Crippen LogP contribution in [-0.4, -0.2) is 41.5 Å². The van der Waals surface area contributed by atoms with Gasteiger partial charge in [0.05, 0.1) is 6.61 Å². The van der Waals surface area contributed by atoms with Crippen molar-refractivity contribution >= 4 is 11.8 Å². The molecule has 0 bridgehead atoms. The van der Waals surface area contributed by atoms with Gasteiger partial charge in [-0.15, -0.1) is 0 Å². The molecule has 1 fully saturated rings. The molecule has 2 aromatic rings. The summed E-state index contributed by atoms with van der Waals surface area (Å²) in [6.45, 7) is 3.81. The van der Waals surface area contributed by atoms with Crippen LogP contribution in [0, 0.1) is 0 Å². The van der Waals surface area contributed by atoms with Crippen molar-refractivity contribution in [3.05, 3.63) is 82.8 Å². The van der Waals surface area contributed by atoms with Crippen LogP contribution in [0.4, 0.5) is 0 Å². The molecule has 4 rings (SSSR count). The maximum Gasteiger partial charge on any atom is 0.378 e. The molecule has 0 amide bonds. The van der Waals surface area contributed by atoms with Crippen LogP contribution in [0.25, 0.3) is 0 Å². The van der Waals surface area contributed by atoms with Crippen molar-refractivity contribution in [2.45, 2.75) is 38.4 Å². The smallest absolute Gasteiger partial charge is 0.378 e. The van der Waals surface area contributed by atoms with Crippen LogP contribution in [0.5, 0.6) is 0 Å². The predicted octanol–water partition coefficient (Wildman–Crippen LogP) is 3.28. The molecule has 156 valence electrons. The summed E-state index contributed by atoms with van der Waals surface area (Å²) in [5.74, 6) is -2.27. The minimum Gasteiger partial charge on any atom is -0.499 e. The number of carbonyl (C=O) groups is 2. The van der Waals surface area contributed by atoms with Crippen LogP contribution in [0.3, 0.4) is 0 Å². The van der Waals surface area contributed by atoms with E-state index >= 15 is 0 Å². The lowest BCUT2D eigenvalue weighted by Crippen LogP contribution is -2.33. The van der Waals surface area contributed by atoms with Crippen LogP contribution >= 0.6 is 0 Å². The highest BCUT2D eigenvalue weighted by molar-refractivity contribution is 6.08. The van der Waals surface area contributed by atoms with E-state index in [0.29, 0.717) is 11.1 Å². The zero-order valence-electron chi connectivity index (χ0n) is 16.7. The van der Waals surface area contributed by atoms with Crippen molar-refractivity contribution in [2.75, 3.05) is 6.61 Å². The standard InChI is InChI=1S/C23H22O7/c1-23(2)28-13-17(30-23)20-21(19(25)22(26)29-20)27-12-14-8-10-16(11-9-14)18(24)15-6-4-3-5-7-15/h3-11,17,20,25H,12-13H2,1-2H3. The van der Waals surface area contributed by atoms with Crippen LogP contribution in [0.1, 0.15) is 35.3 Å². The maximum absolute atomic E-state index is 12.5. The SMILES string of the molecule is CC1(C)OCC(C2OC(=O)C(O)=C2OCc2ccc(C(=O)c3ccccc3)cc2)O1. The molecule has 0 spiro atoms. The molecule has 30 heavy (non-hydrogen) atoms. The van der Waals surface area contributed by atoms with Crippen molar-refractivity contribution in [1.29, 1.82) is 0 Å². The lowest BCUT2D eigenvalue weighted by molar-refractivity contribution is -0.163. The first-order valence-corrected chi connectivity index (χ1v) is 9.61. The number of ketones is 1. The highest BCUT2D eigenvalue weighted by atomic mass is 16.8. The highest BCUT2D eigenvalue weighted by Crippen LogP contribution is 2.33. The minimum absolute atomic E-state index is 0.0238. The molecule has 1 saturated heterocycles. The molecule has 2 atom stereocenters. The van der Waals surface area contributed by atoms with Gasteiger partial charge in [-0.1, -0.05) is 54.6 Å². The van der Waals surface area contributed by atoms with E-state index in [2.05, 4.69) is 0 Å². The largest absolute Gasteiger partial charge is 0.499 e. The fourth-order valence-electron chi connectivity index (χ4n) is 3.39. The molecule has 2 aromatic carbocycles. The number of carbonyl (C=O) groups excluding carboxylic acids is 2. The summed E-state index contributed by atoms with van der Waals surface area (Å²) in [7, 11) is 0. The summed E-state index contributed by atoms with van der Waals surface area (Å²) in [6, 6.07) is 16.0. The minimum atomic E-state index is -0.877. The lowest BCUT2D eigenvalue weighted by Gasteiger charge is -2.21. The normalized spacial score (nSPS) is 22.8. The number of cyclic esters (lactones) is 1. The van der Waals surface area contributed by atoms with Crippen molar-refractivity contribution < 1.29 is 33.6 Å². The number of esters is 1. The van der Waals surface area contributed by atoms with Gasteiger partial charge in [-0.05, 0) is 19.4 Å². The van der Waals surface area contributed by atoms with Crippen LogP contribution in [-0.2, 0) is 30.3 Å². The molecule has 2 heterocycles. The van der Waals surface area contributed by atoms with Gasteiger partial charge >= 0.3 is 5.97 Å². The van der Waals surface area contributed by atoms with E-state index in [-0.39, 0.29) is 24.8 Å². The van der Waals surface area contributed by atoms with Gasteiger partial charge in [-0.2, -0.15) is 0 Å². The van der Waals surface area contributed by atoms with E-state index in [4.69, 9.17) is 18.9 Å². The fraction of sp³-hybridized carbons (Fsp3) is 0.304. The Kier molecular flexibility index (Phi) is 5.32. The van der Waals surface area contributed by atoms with Crippen molar-refractivity contribution in [3.8, 4) is 0 Å². The Morgan fingerprint density at radius 2 is 1.77 bits per heavy atom. The Morgan fingerprint density at radius 1 is 1.10 bits per heavy atom. The van der Waals surface area contributed by atoms with Gasteiger partial charge in [0.2, 0.25) is 5.76 Å². The molecule has 1 N–H and O–H groups in total. The van der Waals surface area contributed by atoms with E-state index in [0.717, 1.165) is 5.56 Å². The average Bonchev–Trinajstić information content (AvgIpc) is 3.25. The van der Waals surface area contributed by atoms with Gasteiger partial charge in [-0.3, -0.25) is 4.79 Å². The van der Waals surface area contributed by atoms with Crippen LogP contribution in [0.15, 0.2) is 66.1 Å². The molecular weight excluding hydrogens is 388 g/mol.